The highest BCUT2D eigenvalue weighted by atomic mass is 16.2. The van der Waals surface area contributed by atoms with Gasteiger partial charge >= 0.3 is 6.03 Å². The molecule has 26 heavy (non-hydrogen) atoms. The number of imide groups is 1. The summed E-state index contributed by atoms with van der Waals surface area (Å²) in [6.45, 7) is 0.277. The Morgan fingerprint density at radius 2 is 1.69 bits per heavy atom. The van der Waals surface area contributed by atoms with Crippen LogP contribution in [0.5, 0.6) is 0 Å². The Morgan fingerprint density at radius 3 is 2.38 bits per heavy atom. The van der Waals surface area contributed by atoms with Crippen molar-refractivity contribution in [1.82, 2.24) is 15.5 Å². The van der Waals surface area contributed by atoms with Crippen LogP contribution in [-0.4, -0.2) is 41.4 Å². The zero-order chi connectivity index (χ0) is 18.4. The molecule has 6 heteroatoms. The van der Waals surface area contributed by atoms with E-state index in [2.05, 4.69) is 10.6 Å². The van der Waals surface area contributed by atoms with Crippen LogP contribution in [0.25, 0.3) is 0 Å². The van der Waals surface area contributed by atoms with Crippen molar-refractivity contribution in [2.24, 2.45) is 0 Å². The highest BCUT2D eigenvalue weighted by Gasteiger charge is 2.50. The molecule has 1 aliphatic heterocycles. The van der Waals surface area contributed by atoms with E-state index in [1.165, 1.54) is 6.42 Å². The van der Waals surface area contributed by atoms with E-state index in [0.29, 0.717) is 19.4 Å². The van der Waals surface area contributed by atoms with Crippen molar-refractivity contribution in [2.45, 2.75) is 56.9 Å². The maximum atomic E-state index is 12.9. The highest BCUT2D eigenvalue weighted by Crippen LogP contribution is 2.31. The maximum absolute atomic E-state index is 12.9. The summed E-state index contributed by atoms with van der Waals surface area (Å²) in [6, 6.07) is 9.43. The van der Waals surface area contributed by atoms with Crippen LogP contribution in [0.15, 0.2) is 30.3 Å². The fourth-order valence-corrected chi connectivity index (χ4v) is 3.86. The Morgan fingerprint density at radius 1 is 1.04 bits per heavy atom. The Hall–Kier alpha value is -2.37. The van der Waals surface area contributed by atoms with Crippen molar-refractivity contribution in [3.8, 4) is 0 Å². The predicted octanol–water partition coefficient (Wildman–Crippen LogP) is 2.38. The number of carbonyl (C=O) groups is 3. The second-order valence-corrected chi connectivity index (χ2v) is 7.26. The Labute approximate surface area is 154 Å². The van der Waals surface area contributed by atoms with Crippen molar-refractivity contribution in [3.63, 3.8) is 0 Å². The summed E-state index contributed by atoms with van der Waals surface area (Å²) >= 11 is 0. The van der Waals surface area contributed by atoms with Crippen molar-refractivity contribution in [3.05, 3.63) is 35.9 Å². The zero-order valence-corrected chi connectivity index (χ0v) is 15.1. The van der Waals surface area contributed by atoms with Gasteiger partial charge in [-0.3, -0.25) is 14.5 Å². The highest BCUT2D eigenvalue weighted by molar-refractivity contribution is 6.09. The molecule has 0 aromatic heterocycles. The van der Waals surface area contributed by atoms with E-state index in [4.69, 9.17) is 0 Å². The molecule has 2 fully saturated rings. The standard InChI is InChI=1S/C20H27N3O3/c24-17(21-14-11-16-9-5-4-6-10-16)15-23-18(25)20(22-19(23)26)12-7-2-1-3-8-13-20/h4-6,9-10H,1-3,7-8,11-15H2,(H,21,24)(H,22,26). The number of rotatable bonds is 5. The number of nitrogens with zero attached hydrogens (tertiary/aromatic N) is 1. The first-order valence-electron chi connectivity index (χ1n) is 9.55. The van der Waals surface area contributed by atoms with E-state index in [0.717, 1.165) is 42.6 Å². The van der Waals surface area contributed by atoms with Crippen molar-refractivity contribution in [2.75, 3.05) is 13.1 Å². The van der Waals surface area contributed by atoms with Crippen molar-refractivity contribution >= 4 is 17.8 Å². The first-order chi connectivity index (χ1) is 12.6. The zero-order valence-electron chi connectivity index (χ0n) is 15.1. The molecule has 1 aromatic carbocycles. The maximum Gasteiger partial charge on any atom is 0.325 e. The lowest BCUT2D eigenvalue weighted by Gasteiger charge is -2.28. The summed E-state index contributed by atoms with van der Waals surface area (Å²) in [7, 11) is 0. The molecule has 1 heterocycles. The van der Waals surface area contributed by atoms with Crippen LogP contribution in [0.1, 0.15) is 50.5 Å². The van der Waals surface area contributed by atoms with E-state index in [-0.39, 0.29) is 18.4 Å². The van der Waals surface area contributed by atoms with Crippen LogP contribution in [-0.2, 0) is 16.0 Å². The van der Waals surface area contributed by atoms with Gasteiger partial charge in [0.15, 0.2) is 0 Å². The minimum absolute atomic E-state index is 0.207. The average molecular weight is 357 g/mol. The second-order valence-electron chi connectivity index (χ2n) is 7.26. The third kappa shape index (κ3) is 4.23. The molecule has 0 bridgehead atoms. The monoisotopic (exact) mass is 357 g/mol. The molecular weight excluding hydrogens is 330 g/mol. The first-order valence-corrected chi connectivity index (χ1v) is 9.55. The van der Waals surface area contributed by atoms with Crippen LogP contribution in [0.4, 0.5) is 4.79 Å². The van der Waals surface area contributed by atoms with Gasteiger partial charge in [-0.15, -0.1) is 0 Å². The van der Waals surface area contributed by atoms with Gasteiger partial charge in [-0.05, 0) is 24.8 Å². The van der Waals surface area contributed by atoms with Crippen LogP contribution in [0.2, 0.25) is 0 Å². The molecule has 0 radical (unpaired) electrons. The third-order valence-electron chi connectivity index (χ3n) is 5.33. The molecule has 4 amide bonds. The summed E-state index contributed by atoms with van der Waals surface area (Å²) in [6.07, 6.45) is 7.29. The lowest BCUT2D eigenvalue weighted by molar-refractivity contribution is -0.135. The molecule has 2 N–H and O–H groups in total. The lowest BCUT2D eigenvalue weighted by atomic mass is 9.84. The smallest absolute Gasteiger partial charge is 0.325 e. The average Bonchev–Trinajstić information content (AvgIpc) is 2.84. The number of benzene rings is 1. The van der Waals surface area contributed by atoms with Crippen molar-refractivity contribution < 1.29 is 14.4 Å². The minimum Gasteiger partial charge on any atom is -0.354 e. The molecule has 2 aliphatic rings. The summed E-state index contributed by atoms with van der Waals surface area (Å²) in [5.41, 5.74) is 0.346. The van der Waals surface area contributed by atoms with Crippen LogP contribution in [0, 0.1) is 0 Å². The van der Waals surface area contributed by atoms with E-state index < -0.39 is 11.6 Å². The van der Waals surface area contributed by atoms with Gasteiger partial charge in [-0.2, -0.15) is 0 Å². The van der Waals surface area contributed by atoms with E-state index in [9.17, 15) is 14.4 Å². The number of hydrogen-bond donors (Lipinski definition) is 2. The molecule has 6 nitrogen and oxygen atoms in total. The molecule has 3 rings (SSSR count). The fourth-order valence-electron chi connectivity index (χ4n) is 3.86. The van der Waals surface area contributed by atoms with E-state index in [1.807, 2.05) is 30.3 Å². The number of urea groups is 1. The summed E-state index contributed by atoms with van der Waals surface area (Å²) < 4.78 is 0. The summed E-state index contributed by atoms with van der Waals surface area (Å²) in [4.78, 5) is 38.4. The molecule has 1 saturated heterocycles. The second kappa shape index (κ2) is 8.34. The lowest BCUT2D eigenvalue weighted by Crippen LogP contribution is -2.48. The van der Waals surface area contributed by atoms with E-state index in [1.54, 1.807) is 0 Å². The summed E-state index contributed by atoms with van der Waals surface area (Å²) in [5.74, 6) is -0.532. The number of carbonyl (C=O) groups excluding carboxylic acids is 3. The minimum atomic E-state index is -0.790. The van der Waals surface area contributed by atoms with Gasteiger partial charge in [0.1, 0.15) is 12.1 Å². The number of nitrogens with one attached hydrogen (secondary N) is 2. The van der Waals surface area contributed by atoms with Gasteiger partial charge in [0.25, 0.3) is 5.91 Å². The molecule has 1 saturated carbocycles. The van der Waals surface area contributed by atoms with Crippen LogP contribution in [0.3, 0.4) is 0 Å². The Kier molecular flexibility index (Phi) is 5.91. The molecule has 1 aliphatic carbocycles. The molecule has 1 spiro atoms. The van der Waals surface area contributed by atoms with E-state index >= 15 is 0 Å². The molecule has 0 unspecified atom stereocenters. The molecule has 1 aromatic rings. The topological polar surface area (TPSA) is 78.5 Å². The molecular formula is C20H27N3O3. The normalized spacial score (nSPS) is 19.8. The fraction of sp³-hybridized carbons (Fsp3) is 0.550. The largest absolute Gasteiger partial charge is 0.354 e. The SMILES string of the molecule is O=C(CN1C(=O)NC2(CCCCCCC2)C1=O)NCCc1ccccc1. The Bertz CT molecular complexity index is 652. The number of hydrogen-bond acceptors (Lipinski definition) is 3. The predicted molar refractivity (Wildman–Crippen MR) is 98.5 cm³/mol. The summed E-state index contributed by atoms with van der Waals surface area (Å²) in [5, 5.41) is 5.68. The molecule has 140 valence electrons. The van der Waals surface area contributed by atoms with Gasteiger partial charge < -0.3 is 10.6 Å². The molecule has 0 atom stereocenters. The third-order valence-corrected chi connectivity index (χ3v) is 5.33. The van der Waals surface area contributed by atoms with Gasteiger partial charge in [-0.25, -0.2) is 4.79 Å². The van der Waals surface area contributed by atoms with Crippen molar-refractivity contribution in [1.29, 1.82) is 0 Å². The van der Waals surface area contributed by atoms with Gasteiger partial charge in [0.05, 0.1) is 0 Å². The van der Waals surface area contributed by atoms with Gasteiger partial charge in [0.2, 0.25) is 5.91 Å². The Balaban J connectivity index is 1.52. The quantitative estimate of drug-likeness (QED) is 0.794. The van der Waals surface area contributed by atoms with Crippen LogP contribution < -0.4 is 10.6 Å². The van der Waals surface area contributed by atoms with Gasteiger partial charge in [0, 0.05) is 6.54 Å². The number of amides is 4. The van der Waals surface area contributed by atoms with Gasteiger partial charge in [-0.1, -0.05) is 62.4 Å². The first kappa shape index (κ1) is 18.4. The van der Waals surface area contributed by atoms with Crippen LogP contribution >= 0.6 is 0 Å².